The van der Waals surface area contributed by atoms with Crippen LogP contribution >= 0.6 is 0 Å². The Bertz CT molecular complexity index is 197. The molecule has 0 heterocycles. The molecule has 0 aromatic carbocycles. The normalized spacial score (nSPS) is 15.7. The molecule has 4 heteroatoms. The summed E-state index contributed by atoms with van der Waals surface area (Å²) in [5.74, 6) is -2.14. The number of aliphatic hydroxyl groups is 2. The highest BCUT2D eigenvalue weighted by molar-refractivity contribution is 5.77. The Morgan fingerprint density at radius 1 is 1.50 bits per heavy atom. The van der Waals surface area contributed by atoms with Crippen LogP contribution < -0.4 is 0 Å². The smallest absolute Gasteiger partial charge is 0.336 e. The fourth-order valence-corrected chi connectivity index (χ4v) is 0.838. The number of carbonyl (C=O) groups is 1. The van der Waals surface area contributed by atoms with Crippen molar-refractivity contribution in [3.8, 4) is 0 Å². The first-order chi connectivity index (χ1) is 5.30. The van der Waals surface area contributed by atoms with Crippen LogP contribution in [0.15, 0.2) is 12.3 Å². The molecule has 0 unspecified atom stereocenters. The lowest BCUT2D eigenvalue weighted by Gasteiger charge is -2.26. The largest absolute Gasteiger partial charge is 0.513 e. The number of aliphatic hydroxyl groups excluding tert-OH is 1. The van der Waals surface area contributed by atoms with Gasteiger partial charge in [0.15, 0.2) is 5.60 Å². The summed E-state index contributed by atoms with van der Waals surface area (Å²) < 4.78 is 0. The minimum atomic E-state index is -1.91. The van der Waals surface area contributed by atoms with Crippen LogP contribution in [0.2, 0.25) is 0 Å². The average Bonchev–Trinajstić information content (AvgIpc) is 1.84. The third kappa shape index (κ3) is 2.23. The third-order valence-electron chi connectivity index (χ3n) is 1.80. The van der Waals surface area contributed by atoms with E-state index in [2.05, 4.69) is 6.58 Å². The topological polar surface area (TPSA) is 77.8 Å². The summed E-state index contributed by atoms with van der Waals surface area (Å²) in [6.07, 6.45) is -0.333. The summed E-state index contributed by atoms with van der Waals surface area (Å²) in [6.45, 7) is 6.27. The first kappa shape index (κ1) is 11.0. The molecular weight excluding hydrogens is 160 g/mol. The molecule has 12 heavy (non-hydrogen) atoms. The second-order valence-electron chi connectivity index (χ2n) is 3.13. The van der Waals surface area contributed by atoms with Crippen molar-refractivity contribution >= 4 is 5.97 Å². The van der Waals surface area contributed by atoms with Crippen molar-refractivity contribution in [3.05, 3.63) is 12.3 Å². The highest BCUT2D eigenvalue weighted by Gasteiger charge is 2.39. The van der Waals surface area contributed by atoms with E-state index in [1.54, 1.807) is 13.8 Å². The molecule has 0 aliphatic heterocycles. The number of carboxylic acids is 1. The van der Waals surface area contributed by atoms with E-state index in [-0.39, 0.29) is 12.2 Å². The van der Waals surface area contributed by atoms with Crippen LogP contribution in [0.4, 0.5) is 0 Å². The van der Waals surface area contributed by atoms with Crippen molar-refractivity contribution in [2.45, 2.75) is 25.9 Å². The van der Waals surface area contributed by atoms with Gasteiger partial charge < -0.3 is 15.3 Å². The molecule has 0 saturated heterocycles. The van der Waals surface area contributed by atoms with E-state index < -0.39 is 17.5 Å². The van der Waals surface area contributed by atoms with Gasteiger partial charge in [0.25, 0.3) is 0 Å². The molecule has 0 bridgehead atoms. The Kier molecular flexibility index (Phi) is 3.27. The highest BCUT2D eigenvalue weighted by atomic mass is 16.4. The first-order valence-corrected chi connectivity index (χ1v) is 3.63. The van der Waals surface area contributed by atoms with Crippen LogP contribution in [0.3, 0.4) is 0 Å². The maximum absolute atomic E-state index is 10.6. The second-order valence-corrected chi connectivity index (χ2v) is 3.13. The molecule has 0 spiro atoms. The van der Waals surface area contributed by atoms with Crippen molar-refractivity contribution in [2.24, 2.45) is 5.92 Å². The predicted molar refractivity (Wildman–Crippen MR) is 43.8 cm³/mol. The van der Waals surface area contributed by atoms with Crippen LogP contribution in [0.25, 0.3) is 0 Å². The lowest BCUT2D eigenvalue weighted by molar-refractivity contribution is -0.164. The van der Waals surface area contributed by atoms with Crippen molar-refractivity contribution in [1.29, 1.82) is 0 Å². The molecule has 0 saturated carbocycles. The van der Waals surface area contributed by atoms with Crippen LogP contribution in [0.5, 0.6) is 0 Å². The zero-order valence-electron chi connectivity index (χ0n) is 7.24. The predicted octanol–water partition coefficient (Wildman–Crippen LogP) is 0.920. The van der Waals surface area contributed by atoms with E-state index in [0.717, 1.165) is 0 Å². The quantitative estimate of drug-likeness (QED) is 0.554. The number of hydrogen-bond acceptors (Lipinski definition) is 3. The molecule has 0 amide bonds. The van der Waals surface area contributed by atoms with Gasteiger partial charge in [-0.1, -0.05) is 20.4 Å². The van der Waals surface area contributed by atoms with E-state index in [0.29, 0.717) is 0 Å². The molecular formula is C8H14O4. The first-order valence-electron chi connectivity index (χ1n) is 3.63. The molecule has 0 fully saturated rings. The number of hydrogen-bond donors (Lipinski definition) is 3. The van der Waals surface area contributed by atoms with E-state index in [9.17, 15) is 9.90 Å². The Morgan fingerprint density at radius 3 is 2.00 bits per heavy atom. The summed E-state index contributed by atoms with van der Waals surface area (Å²) in [6, 6.07) is 0. The highest BCUT2D eigenvalue weighted by Crippen LogP contribution is 2.23. The van der Waals surface area contributed by atoms with Gasteiger partial charge in [-0.25, -0.2) is 4.79 Å². The molecule has 0 aromatic rings. The van der Waals surface area contributed by atoms with E-state index in [1.165, 1.54) is 0 Å². The molecule has 0 radical (unpaired) electrons. The Labute approximate surface area is 71.1 Å². The minimum absolute atomic E-state index is 0.325. The third-order valence-corrected chi connectivity index (χ3v) is 1.80. The van der Waals surface area contributed by atoms with Gasteiger partial charge in [0.2, 0.25) is 0 Å². The van der Waals surface area contributed by atoms with E-state index >= 15 is 0 Å². The molecule has 1 atom stereocenters. The number of aliphatic carboxylic acids is 1. The fraction of sp³-hybridized carbons (Fsp3) is 0.625. The zero-order chi connectivity index (χ0) is 9.94. The van der Waals surface area contributed by atoms with Gasteiger partial charge in [0.1, 0.15) is 0 Å². The molecule has 4 nitrogen and oxygen atoms in total. The molecule has 70 valence electrons. The standard InChI is InChI=1S/C8H14O4/c1-5(2)8(12,7(10)11)4-6(3)9/h5,9,12H,3-4H2,1-2H3,(H,10,11)/t8-/m0/s1. The summed E-state index contributed by atoms with van der Waals surface area (Å²) in [7, 11) is 0. The van der Waals surface area contributed by atoms with E-state index in [4.69, 9.17) is 10.2 Å². The van der Waals surface area contributed by atoms with Gasteiger partial charge in [0.05, 0.1) is 5.76 Å². The Morgan fingerprint density at radius 2 is 1.92 bits per heavy atom. The van der Waals surface area contributed by atoms with Gasteiger partial charge in [0, 0.05) is 6.42 Å². The maximum atomic E-state index is 10.6. The average molecular weight is 174 g/mol. The Balaban J connectivity index is 4.62. The number of carboxylic acid groups (broad SMARTS) is 1. The van der Waals surface area contributed by atoms with Gasteiger partial charge >= 0.3 is 5.97 Å². The van der Waals surface area contributed by atoms with Crippen molar-refractivity contribution in [1.82, 2.24) is 0 Å². The number of rotatable bonds is 4. The molecule has 0 rings (SSSR count). The van der Waals surface area contributed by atoms with Crippen LogP contribution in [-0.4, -0.2) is 26.9 Å². The summed E-state index contributed by atoms with van der Waals surface area (Å²) in [5.41, 5.74) is -1.91. The molecule has 0 aliphatic carbocycles. The van der Waals surface area contributed by atoms with Crippen LogP contribution in [0.1, 0.15) is 20.3 Å². The van der Waals surface area contributed by atoms with Gasteiger partial charge in [-0.15, -0.1) is 0 Å². The zero-order valence-corrected chi connectivity index (χ0v) is 7.24. The van der Waals surface area contributed by atoms with Crippen molar-refractivity contribution in [2.75, 3.05) is 0 Å². The van der Waals surface area contributed by atoms with Crippen molar-refractivity contribution < 1.29 is 20.1 Å². The Hall–Kier alpha value is -1.03. The SMILES string of the molecule is C=C(O)C[C@@](O)(C(=O)O)C(C)C. The van der Waals surface area contributed by atoms with Crippen LogP contribution in [-0.2, 0) is 4.79 Å². The van der Waals surface area contributed by atoms with Gasteiger partial charge in [-0.2, -0.15) is 0 Å². The minimum Gasteiger partial charge on any atom is -0.513 e. The monoisotopic (exact) mass is 174 g/mol. The lowest BCUT2D eigenvalue weighted by atomic mass is 9.87. The lowest BCUT2D eigenvalue weighted by Crippen LogP contribution is -2.43. The van der Waals surface area contributed by atoms with Gasteiger partial charge in [-0.05, 0) is 5.92 Å². The molecule has 3 N–H and O–H groups in total. The fourth-order valence-electron chi connectivity index (χ4n) is 0.838. The molecule has 0 aromatic heterocycles. The van der Waals surface area contributed by atoms with E-state index in [1.807, 2.05) is 0 Å². The summed E-state index contributed by atoms with van der Waals surface area (Å²) >= 11 is 0. The summed E-state index contributed by atoms with van der Waals surface area (Å²) in [4.78, 5) is 10.6. The summed E-state index contributed by atoms with van der Waals surface area (Å²) in [5, 5.41) is 26.9. The molecule has 0 aliphatic rings. The van der Waals surface area contributed by atoms with Gasteiger partial charge in [-0.3, -0.25) is 0 Å². The second kappa shape index (κ2) is 3.58. The van der Waals surface area contributed by atoms with Crippen LogP contribution in [0, 0.1) is 5.92 Å². The van der Waals surface area contributed by atoms with Crippen molar-refractivity contribution in [3.63, 3.8) is 0 Å². The maximum Gasteiger partial charge on any atom is 0.336 e.